The highest BCUT2D eigenvalue weighted by atomic mass is 32.2. The maximum Gasteiger partial charge on any atom is 0.265 e. The topological polar surface area (TPSA) is 119 Å². The van der Waals surface area contributed by atoms with Crippen molar-refractivity contribution in [3.8, 4) is 11.5 Å². The number of sulfone groups is 1. The van der Waals surface area contributed by atoms with Crippen molar-refractivity contribution < 1.29 is 36.7 Å². The molecule has 11 heteroatoms. The summed E-state index contributed by atoms with van der Waals surface area (Å²) in [6.45, 7) is 6.80. The molecule has 0 aromatic heterocycles. The van der Waals surface area contributed by atoms with Crippen molar-refractivity contribution in [2.24, 2.45) is 0 Å². The molecule has 9 nitrogen and oxygen atoms in total. The fourth-order valence-electron chi connectivity index (χ4n) is 4.20. The molecule has 1 heterocycles. The van der Waals surface area contributed by atoms with Gasteiger partial charge in [0.05, 0.1) is 42.3 Å². The van der Waals surface area contributed by atoms with Gasteiger partial charge in [0.1, 0.15) is 5.82 Å². The summed E-state index contributed by atoms with van der Waals surface area (Å²) in [5.41, 5.74) is -0.310. The van der Waals surface area contributed by atoms with E-state index in [4.69, 9.17) is 9.47 Å². The fraction of sp³-hybridized carbons (Fsp3) is 0.423. The van der Waals surface area contributed by atoms with E-state index < -0.39 is 50.7 Å². The maximum absolute atomic E-state index is 15.4. The predicted octanol–water partition coefficient (Wildman–Crippen LogP) is 3.92. The zero-order valence-electron chi connectivity index (χ0n) is 21.5. The summed E-state index contributed by atoms with van der Waals surface area (Å²) in [6.07, 6.45) is 0.308. The van der Waals surface area contributed by atoms with E-state index in [0.29, 0.717) is 17.1 Å². The van der Waals surface area contributed by atoms with Crippen LogP contribution in [0.5, 0.6) is 11.5 Å². The van der Waals surface area contributed by atoms with Crippen molar-refractivity contribution in [2.75, 3.05) is 30.5 Å². The SMILES string of the molecule is CCOc1cc([C@@H](CS(=O)(=O)CC)N2C(=O)c3c(NC(=O)CC)cc(CC)c(F)c3C2=O)ccc1OC. The van der Waals surface area contributed by atoms with Crippen LogP contribution in [0.15, 0.2) is 24.3 Å². The molecule has 3 rings (SSSR count). The van der Waals surface area contributed by atoms with Gasteiger partial charge in [0, 0.05) is 12.2 Å². The lowest BCUT2D eigenvalue weighted by Crippen LogP contribution is -2.38. The first-order chi connectivity index (χ1) is 17.5. The van der Waals surface area contributed by atoms with Gasteiger partial charge in [-0.15, -0.1) is 0 Å². The molecular formula is C26H31FN2O7S. The Morgan fingerprint density at radius 1 is 1.05 bits per heavy atom. The van der Waals surface area contributed by atoms with Gasteiger partial charge in [0.25, 0.3) is 11.8 Å². The number of hydrogen-bond donors (Lipinski definition) is 1. The van der Waals surface area contributed by atoms with Gasteiger partial charge in [-0.1, -0.05) is 26.8 Å². The molecule has 1 N–H and O–H groups in total. The molecule has 0 saturated carbocycles. The molecule has 0 aliphatic carbocycles. The van der Waals surface area contributed by atoms with Crippen LogP contribution in [0.25, 0.3) is 0 Å². The van der Waals surface area contributed by atoms with Crippen LogP contribution in [0, 0.1) is 5.82 Å². The van der Waals surface area contributed by atoms with Gasteiger partial charge in [-0.2, -0.15) is 0 Å². The fourth-order valence-corrected chi connectivity index (χ4v) is 5.25. The molecule has 2 aromatic carbocycles. The zero-order valence-corrected chi connectivity index (χ0v) is 22.3. The Balaban J connectivity index is 2.23. The van der Waals surface area contributed by atoms with Crippen LogP contribution in [0.3, 0.4) is 0 Å². The highest BCUT2D eigenvalue weighted by molar-refractivity contribution is 7.91. The Morgan fingerprint density at radius 2 is 1.73 bits per heavy atom. The van der Waals surface area contributed by atoms with Crippen molar-refractivity contribution in [2.45, 2.75) is 46.6 Å². The highest BCUT2D eigenvalue weighted by Gasteiger charge is 2.46. The Kier molecular flexibility index (Phi) is 8.57. The number of nitrogens with one attached hydrogen (secondary N) is 1. The molecule has 200 valence electrons. The summed E-state index contributed by atoms with van der Waals surface area (Å²) in [6, 6.07) is 4.66. The summed E-state index contributed by atoms with van der Waals surface area (Å²) < 4.78 is 51.8. The standard InChI is InChI=1S/C26H31FN2O7S/c1-6-15-12-17(28-21(30)7-2)22-23(24(15)27)26(32)29(25(22)31)18(14-37(33,34)9-4)16-10-11-19(35-5)20(13-16)36-8-3/h10-13,18H,6-9,14H2,1-5H3,(H,28,30)/t18-/m1/s1. The quantitative estimate of drug-likeness (QED) is 0.434. The molecule has 1 aliphatic rings. The number of benzene rings is 2. The normalized spacial score (nSPS) is 13.9. The van der Waals surface area contributed by atoms with Gasteiger partial charge >= 0.3 is 0 Å². The van der Waals surface area contributed by atoms with Crippen LogP contribution >= 0.6 is 0 Å². The number of carbonyl (C=O) groups excluding carboxylic acids is 3. The molecular weight excluding hydrogens is 503 g/mol. The monoisotopic (exact) mass is 534 g/mol. The van der Waals surface area contributed by atoms with E-state index in [1.807, 2.05) is 0 Å². The van der Waals surface area contributed by atoms with Crippen LogP contribution in [-0.4, -0.2) is 56.3 Å². The second-order valence-electron chi connectivity index (χ2n) is 8.44. The number of ether oxygens (including phenoxy) is 2. The number of nitrogens with zero attached hydrogens (tertiary/aromatic N) is 1. The molecule has 0 unspecified atom stereocenters. The summed E-state index contributed by atoms with van der Waals surface area (Å²) in [5.74, 6) is -3.27. The Bertz CT molecular complexity index is 1340. The van der Waals surface area contributed by atoms with Crippen molar-refractivity contribution in [1.82, 2.24) is 4.90 Å². The maximum atomic E-state index is 15.4. The second-order valence-corrected chi connectivity index (χ2v) is 10.8. The molecule has 1 atom stereocenters. The number of carbonyl (C=O) groups is 3. The van der Waals surface area contributed by atoms with Gasteiger partial charge in [-0.05, 0) is 42.7 Å². The number of rotatable bonds is 11. The average molecular weight is 535 g/mol. The first-order valence-corrected chi connectivity index (χ1v) is 13.9. The van der Waals surface area contributed by atoms with Crippen molar-refractivity contribution in [1.29, 1.82) is 0 Å². The lowest BCUT2D eigenvalue weighted by atomic mass is 10.0. The molecule has 1 aliphatic heterocycles. The minimum absolute atomic E-state index is 0.0165. The van der Waals surface area contributed by atoms with Crippen LogP contribution in [0.4, 0.5) is 10.1 Å². The molecule has 0 radical (unpaired) electrons. The third-order valence-electron chi connectivity index (χ3n) is 6.22. The second kappa shape index (κ2) is 11.3. The van der Waals surface area contributed by atoms with Gasteiger partial charge in [0.2, 0.25) is 5.91 Å². The van der Waals surface area contributed by atoms with E-state index in [2.05, 4.69) is 5.32 Å². The number of amides is 3. The highest BCUT2D eigenvalue weighted by Crippen LogP contribution is 2.40. The zero-order chi connectivity index (χ0) is 27.5. The minimum Gasteiger partial charge on any atom is -0.493 e. The number of aryl methyl sites for hydroxylation is 1. The third kappa shape index (κ3) is 5.46. The molecule has 0 saturated heterocycles. The van der Waals surface area contributed by atoms with Gasteiger partial charge < -0.3 is 14.8 Å². The summed E-state index contributed by atoms with van der Waals surface area (Å²) in [4.78, 5) is 40.3. The smallest absolute Gasteiger partial charge is 0.265 e. The van der Waals surface area contributed by atoms with E-state index in [9.17, 15) is 22.8 Å². The third-order valence-corrected chi connectivity index (χ3v) is 7.92. The summed E-state index contributed by atoms with van der Waals surface area (Å²) in [7, 11) is -2.27. The van der Waals surface area contributed by atoms with Gasteiger partial charge in [0.15, 0.2) is 21.3 Å². The Morgan fingerprint density at radius 3 is 2.30 bits per heavy atom. The van der Waals surface area contributed by atoms with Gasteiger partial charge in [-0.3, -0.25) is 19.3 Å². The summed E-state index contributed by atoms with van der Waals surface area (Å²) >= 11 is 0. The van der Waals surface area contributed by atoms with Crippen molar-refractivity contribution in [3.05, 3.63) is 52.3 Å². The number of anilines is 1. The number of imide groups is 1. The van der Waals surface area contributed by atoms with E-state index in [-0.39, 0.29) is 42.0 Å². The Labute approximate surface area is 215 Å². The molecule has 2 aromatic rings. The van der Waals surface area contributed by atoms with E-state index in [1.54, 1.807) is 26.8 Å². The lowest BCUT2D eigenvalue weighted by Gasteiger charge is -2.27. The lowest BCUT2D eigenvalue weighted by molar-refractivity contribution is -0.115. The van der Waals surface area contributed by atoms with Crippen LogP contribution in [0.1, 0.15) is 72.0 Å². The molecule has 3 amide bonds. The van der Waals surface area contributed by atoms with E-state index in [1.165, 1.54) is 32.2 Å². The van der Waals surface area contributed by atoms with Crippen molar-refractivity contribution >= 4 is 33.2 Å². The molecule has 37 heavy (non-hydrogen) atoms. The molecule has 0 fully saturated rings. The number of hydrogen-bond acceptors (Lipinski definition) is 7. The van der Waals surface area contributed by atoms with Gasteiger partial charge in [-0.25, -0.2) is 12.8 Å². The average Bonchev–Trinajstić information content (AvgIpc) is 3.14. The van der Waals surface area contributed by atoms with Crippen LogP contribution in [0.2, 0.25) is 0 Å². The summed E-state index contributed by atoms with van der Waals surface area (Å²) in [5, 5.41) is 2.58. The number of methoxy groups -OCH3 is 1. The number of fused-ring (bicyclic) bond motifs is 1. The van der Waals surface area contributed by atoms with E-state index >= 15 is 4.39 Å². The first kappa shape index (κ1) is 28.1. The minimum atomic E-state index is -3.72. The molecule has 0 bridgehead atoms. The largest absolute Gasteiger partial charge is 0.493 e. The number of halogens is 1. The van der Waals surface area contributed by atoms with Crippen molar-refractivity contribution in [3.63, 3.8) is 0 Å². The van der Waals surface area contributed by atoms with Crippen LogP contribution < -0.4 is 14.8 Å². The predicted molar refractivity (Wildman–Crippen MR) is 136 cm³/mol. The first-order valence-electron chi connectivity index (χ1n) is 12.1. The van der Waals surface area contributed by atoms with E-state index in [0.717, 1.165) is 4.90 Å². The Hall–Kier alpha value is -3.47. The molecule has 0 spiro atoms. The van der Waals surface area contributed by atoms with Crippen LogP contribution in [-0.2, 0) is 21.1 Å².